The van der Waals surface area contributed by atoms with Crippen LogP contribution in [0.1, 0.15) is 16.1 Å². The molecule has 2 aromatic heterocycles. The highest BCUT2D eigenvalue weighted by atomic mass is 16.5. The van der Waals surface area contributed by atoms with Crippen molar-refractivity contribution >= 4 is 22.4 Å². The van der Waals surface area contributed by atoms with E-state index in [1.54, 1.807) is 74.1 Å². The Morgan fingerprint density at radius 3 is 2.36 bits per heavy atom. The van der Waals surface area contributed by atoms with Crippen LogP contribution >= 0.6 is 0 Å². The van der Waals surface area contributed by atoms with E-state index in [0.717, 1.165) is 5.56 Å². The Kier molecular flexibility index (Phi) is 6.40. The minimum absolute atomic E-state index is 0.129. The van der Waals surface area contributed by atoms with Gasteiger partial charge in [0.25, 0.3) is 11.5 Å². The van der Waals surface area contributed by atoms with Crippen LogP contribution in [-0.4, -0.2) is 27.8 Å². The van der Waals surface area contributed by atoms with Gasteiger partial charge in [0.2, 0.25) is 0 Å². The molecular formula is C28H22N4O4. The zero-order chi connectivity index (χ0) is 24.9. The van der Waals surface area contributed by atoms with E-state index < -0.39 is 5.91 Å². The number of para-hydroxylation sites is 1. The van der Waals surface area contributed by atoms with Gasteiger partial charge in [-0.1, -0.05) is 36.4 Å². The van der Waals surface area contributed by atoms with Gasteiger partial charge in [-0.25, -0.2) is 0 Å². The Hall–Kier alpha value is -4.98. The predicted octanol–water partition coefficient (Wildman–Crippen LogP) is 4.62. The highest BCUT2D eigenvalue weighted by Gasteiger charge is 2.18. The SMILES string of the molecule is COc1ccc(NC(=O)c2nn(-c3ccccc3)c(=O)c3ccccc23)cc1OCc1ccncc1. The summed E-state index contributed by atoms with van der Waals surface area (Å²) in [6.45, 7) is 0.310. The molecule has 0 radical (unpaired) electrons. The Morgan fingerprint density at radius 1 is 0.889 bits per heavy atom. The van der Waals surface area contributed by atoms with Gasteiger partial charge in [0.15, 0.2) is 17.2 Å². The van der Waals surface area contributed by atoms with Crippen LogP contribution in [-0.2, 0) is 6.61 Å². The number of benzene rings is 3. The molecule has 0 aliphatic rings. The van der Waals surface area contributed by atoms with Crippen molar-refractivity contribution in [2.24, 2.45) is 0 Å². The number of hydrogen-bond donors (Lipinski definition) is 1. The molecule has 0 saturated heterocycles. The highest BCUT2D eigenvalue weighted by molar-refractivity contribution is 6.11. The minimum Gasteiger partial charge on any atom is -0.493 e. The topological polar surface area (TPSA) is 95.3 Å². The zero-order valence-electron chi connectivity index (χ0n) is 19.4. The summed E-state index contributed by atoms with van der Waals surface area (Å²) in [5, 5.41) is 8.17. The first-order valence-corrected chi connectivity index (χ1v) is 11.2. The molecule has 1 amide bonds. The van der Waals surface area contributed by atoms with Gasteiger partial charge in [0.1, 0.15) is 6.61 Å². The van der Waals surface area contributed by atoms with Crippen LogP contribution in [0.5, 0.6) is 11.5 Å². The molecule has 0 bridgehead atoms. The van der Waals surface area contributed by atoms with Crippen molar-refractivity contribution in [1.29, 1.82) is 0 Å². The molecule has 0 spiro atoms. The maximum Gasteiger partial charge on any atom is 0.279 e. The molecule has 0 atom stereocenters. The van der Waals surface area contributed by atoms with Gasteiger partial charge < -0.3 is 14.8 Å². The number of nitrogens with one attached hydrogen (secondary N) is 1. The van der Waals surface area contributed by atoms with Crippen molar-refractivity contribution in [2.45, 2.75) is 6.61 Å². The van der Waals surface area contributed by atoms with Crippen molar-refractivity contribution in [3.63, 3.8) is 0 Å². The Balaban J connectivity index is 1.48. The number of amides is 1. The lowest BCUT2D eigenvalue weighted by Gasteiger charge is -2.14. The number of carbonyl (C=O) groups excluding carboxylic acids is 1. The van der Waals surface area contributed by atoms with E-state index in [2.05, 4.69) is 15.4 Å². The zero-order valence-corrected chi connectivity index (χ0v) is 19.4. The summed E-state index contributed by atoms with van der Waals surface area (Å²) in [7, 11) is 1.55. The summed E-state index contributed by atoms with van der Waals surface area (Å²) in [6.07, 6.45) is 3.39. The molecule has 0 saturated carbocycles. The first-order chi connectivity index (χ1) is 17.6. The molecule has 0 unspecified atom stereocenters. The molecule has 178 valence electrons. The molecule has 8 nitrogen and oxygen atoms in total. The third-order valence-electron chi connectivity index (χ3n) is 5.59. The molecule has 8 heteroatoms. The van der Waals surface area contributed by atoms with Gasteiger partial charge in [-0.15, -0.1) is 0 Å². The summed E-state index contributed by atoms with van der Waals surface area (Å²) >= 11 is 0. The van der Waals surface area contributed by atoms with Crippen molar-refractivity contribution in [3.05, 3.63) is 119 Å². The standard InChI is InChI=1S/C28H22N4O4/c1-35-24-12-11-20(17-25(24)36-18-19-13-15-29-16-14-19)30-27(33)26-22-9-5-6-10-23(22)28(34)32(31-26)21-7-3-2-4-8-21/h2-17H,18H2,1H3,(H,30,33). The fraction of sp³-hybridized carbons (Fsp3) is 0.0714. The number of nitrogens with zero attached hydrogens (tertiary/aromatic N) is 3. The van der Waals surface area contributed by atoms with Gasteiger partial charge >= 0.3 is 0 Å². The lowest BCUT2D eigenvalue weighted by atomic mass is 10.1. The number of aromatic nitrogens is 3. The summed E-state index contributed by atoms with van der Waals surface area (Å²) in [6, 6.07) is 24.8. The van der Waals surface area contributed by atoms with Gasteiger partial charge in [0.05, 0.1) is 18.2 Å². The van der Waals surface area contributed by atoms with Crippen molar-refractivity contribution in [1.82, 2.24) is 14.8 Å². The van der Waals surface area contributed by atoms with Crippen LogP contribution in [0.2, 0.25) is 0 Å². The molecule has 5 rings (SSSR count). The number of methoxy groups -OCH3 is 1. The van der Waals surface area contributed by atoms with E-state index in [-0.39, 0.29) is 11.3 Å². The molecule has 0 aliphatic heterocycles. The van der Waals surface area contributed by atoms with Crippen molar-refractivity contribution < 1.29 is 14.3 Å². The molecule has 3 aromatic carbocycles. The highest BCUT2D eigenvalue weighted by Crippen LogP contribution is 2.31. The van der Waals surface area contributed by atoms with Crippen LogP contribution in [0, 0.1) is 0 Å². The average molecular weight is 479 g/mol. The third kappa shape index (κ3) is 4.65. The van der Waals surface area contributed by atoms with E-state index >= 15 is 0 Å². The maximum absolute atomic E-state index is 13.4. The Morgan fingerprint density at radius 2 is 1.61 bits per heavy atom. The normalized spacial score (nSPS) is 10.7. The van der Waals surface area contributed by atoms with E-state index in [1.807, 2.05) is 30.3 Å². The molecule has 5 aromatic rings. The largest absolute Gasteiger partial charge is 0.493 e. The minimum atomic E-state index is -0.457. The van der Waals surface area contributed by atoms with Crippen LogP contribution < -0.4 is 20.3 Å². The Labute approximate surface area is 206 Å². The molecule has 36 heavy (non-hydrogen) atoms. The fourth-order valence-electron chi connectivity index (χ4n) is 3.80. The summed E-state index contributed by atoms with van der Waals surface area (Å²) in [5.41, 5.74) is 1.83. The second kappa shape index (κ2) is 10.1. The van der Waals surface area contributed by atoms with Gasteiger partial charge in [-0.05, 0) is 48.0 Å². The van der Waals surface area contributed by atoms with Crippen LogP contribution in [0.25, 0.3) is 16.5 Å². The summed E-state index contributed by atoms with van der Waals surface area (Å²) in [5.74, 6) is 0.545. The molecule has 1 N–H and O–H groups in total. The number of anilines is 1. The van der Waals surface area contributed by atoms with E-state index in [9.17, 15) is 9.59 Å². The number of hydrogen-bond acceptors (Lipinski definition) is 6. The number of pyridine rings is 1. The smallest absolute Gasteiger partial charge is 0.279 e. The van der Waals surface area contributed by atoms with Gasteiger partial charge in [0, 0.05) is 29.5 Å². The van der Waals surface area contributed by atoms with E-state index in [0.29, 0.717) is 40.3 Å². The number of carbonyl (C=O) groups is 1. The van der Waals surface area contributed by atoms with Gasteiger partial charge in [-0.2, -0.15) is 9.78 Å². The average Bonchev–Trinajstić information content (AvgIpc) is 2.93. The van der Waals surface area contributed by atoms with E-state index in [1.165, 1.54) is 4.68 Å². The second-order valence-electron chi connectivity index (χ2n) is 7.91. The molecule has 0 aliphatic carbocycles. The van der Waals surface area contributed by atoms with Gasteiger partial charge in [-0.3, -0.25) is 14.6 Å². The molecule has 0 fully saturated rings. The molecule has 2 heterocycles. The second-order valence-corrected chi connectivity index (χ2v) is 7.91. The first-order valence-electron chi connectivity index (χ1n) is 11.2. The summed E-state index contributed by atoms with van der Waals surface area (Å²) in [4.78, 5) is 30.5. The number of ether oxygens (including phenoxy) is 2. The Bertz CT molecular complexity index is 1580. The monoisotopic (exact) mass is 478 g/mol. The lowest BCUT2D eigenvalue weighted by Crippen LogP contribution is -2.26. The quantitative estimate of drug-likeness (QED) is 0.367. The van der Waals surface area contributed by atoms with Crippen LogP contribution in [0.4, 0.5) is 5.69 Å². The first kappa shape index (κ1) is 22.8. The predicted molar refractivity (Wildman–Crippen MR) is 137 cm³/mol. The third-order valence-corrected chi connectivity index (χ3v) is 5.59. The lowest BCUT2D eigenvalue weighted by molar-refractivity contribution is 0.102. The summed E-state index contributed by atoms with van der Waals surface area (Å²) < 4.78 is 12.6. The number of fused-ring (bicyclic) bond motifs is 1. The van der Waals surface area contributed by atoms with Crippen LogP contribution in [0.15, 0.2) is 102 Å². The fourth-order valence-corrected chi connectivity index (χ4v) is 3.80. The van der Waals surface area contributed by atoms with Crippen molar-refractivity contribution in [2.75, 3.05) is 12.4 Å². The molecular weight excluding hydrogens is 456 g/mol. The van der Waals surface area contributed by atoms with E-state index in [4.69, 9.17) is 9.47 Å². The van der Waals surface area contributed by atoms with Crippen molar-refractivity contribution in [3.8, 4) is 17.2 Å². The number of rotatable bonds is 7. The van der Waals surface area contributed by atoms with Crippen LogP contribution in [0.3, 0.4) is 0 Å². The maximum atomic E-state index is 13.4.